The van der Waals surface area contributed by atoms with Gasteiger partial charge in [-0.3, -0.25) is 0 Å². The molecule has 0 aliphatic carbocycles. The SMILES string of the molecule is Cc1c(I)ccc(C(=O)OCc2ccc(I)cc2O)c1O. The van der Waals surface area contributed by atoms with Crippen molar-refractivity contribution in [3.8, 4) is 11.5 Å². The molecule has 0 atom stereocenters. The predicted molar refractivity (Wildman–Crippen MR) is 95.5 cm³/mol. The first-order chi connectivity index (χ1) is 9.90. The first-order valence-corrected chi connectivity index (χ1v) is 8.18. The van der Waals surface area contributed by atoms with Crippen LogP contribution in [0.3, 0.4) is 0 Å². The van der Waals surface area contributed by atoms with Gasteiger partial charge in [0, 0.05) is 18.3 Å². The Balaban J connectivity index is 2.14. The lowest BCUT2D eigenvalue weighted by atomic mass is 10.1. The summed E-state index contributed by atoms with van der Waals surface area (Å²) in [5.74, 6) is -0.610. The maximum absolute atomic E-state index is 12.0. The van der Waals surface area contributed by atoms with Crippen LogP contribution in [0.2, 0.25) is 0 Å². The van der Waals surface area contributed by atoms with Crippen molar-refractivity contribution in [2.24, 2.45) is 0 Å². The van der Waals surface area contributed by atoms with E-state index in [1.54, 1.807) is 25.1 Å². The van der Waals surface area contributed by atoms with E-state index in [9.17, 15) is 15.0 Å². The second kappa shape index (κ2) is 6.82. The molecule has 0 aliphatic heterocycles. The van der Waals surface area contributed by atoms with E-state index in [2.05, 4.69) is 45.2 Å². The van der Waals surface area contributed by atoms with E-state index in [0.717, 1.165) is 7.14 Å². The predicted octanol–water partition coefficient (Wildman–Crippen LogP) is 3.97. The molecule has 0 saturated carbocycles. The highest BCUT2D eigenvalue weighted by molar-refractivity contribution is 14.1. The largest absolute Gasteiger partial charge is 0.508 e. The molecule has 0 heterocycles. The third-order valence-electron chi connectivity index (χ3n) is 2.99. The van der Waals surface area contributed by atoms with Gasteiger partial charge in [0.2, 0.25) is 0 Å². The van der Waals surface area contributed by atoms with Crippen LogP contribution in [0.4, 0.5) is 0 Å². The lowest BCUT2D eigenvalue weighted by Crippen LogP contribution is -2.06. The van der Waals surface area contributed by atoms with Crippen LogP contribution in [0, 0.1) is 14.1 Å². The van der Waals surface area contributed by atoms with Crippen molar-refractivity contribution >= 4 is 51.2 Å². The van der Waals surface area contributed by atoms with Crippen LogP contribution < -0.4 is 0 Å². The summed E-state index contributed by atoms with van der Waals surface area (Å²) >= 11 is 4.16. The van der Waals surface area contributed by atoms with Crippen molar-refractivity contribution in [2.75, 3.05) is 0 Å². The minimum atomic E-state index is -0.620. The maximum atomic E-state index is 12.0. The molecular formula is C15H12I2O4. The lowest BCUT2D eigenvalue weighted by Gasteiger charge is -2.10. The second-order valence-electron chi connectivity index (χ2n) is 4.42. The highest BCUT2D eigenvalue weighted by Gasteiger charge is 2.16. The van der Waals surface area contributed by atoms with Crippen LogP contribution in [0.25, 0.3) is 0 Å². The third kappa shape index (κ3) is 3.79. The molecule has 0 spiro atoms. The number of phenols is 2. The Morgan fingerprint density at radius 2 is 1.90 bits per heavy atom. The Bertz CT molecular complexity index is 698. The summed E-state index contributed by atoms with van der Waals surface area (Å²) in [6.07, 6.45) is 0. The van der Waals surface area contributed by atoms with Crippen molar-refractivity contribution in [1.82, 2.24) is 0 Å². The number of phenolic OH excluding ortho intramolecular Hbond substituents is 2. The van der Waals surface area contributed by atoms with Crippen LogP contribution in [-0.4, -0.2) is 16.2 Å². The average Bonchev–Trinajstić information content (AvgIpc) is 2.43. The number of carbonyl (C=O) groups excluding carboxylic acids is 1. The molecule has 0 radical (unpaired) electrons. The molecule has 4 nitrogen and oxygen atoms in total. The zero-order valence-corrected chi connectivity index (χ0v) is 15.4. The molecule has 0 saturated heterocycles. The Morgan fingerprint density at radius 1 is 1.19 bits per heavy atom. The van der Waals surface area contributed by atoms with Crippen molar-refractivity contribution in [1.29, 1.82) is 0 Å². The molecule has 0 bridgehead atoms. The van der Waals surface area contributed by atoms with Crippen molar-refractivity contribution < 1.29 is 19.7 Å². The first kappa shape index (κ1) is 16.3. The topological polar surface area (TPSA) is 66.8 Å². The van der Waals surface area contributed by atoms with Crippen molar-refractivity contribution in [3.63, 3.8) is 0 Å². The minimum Gasteiger partial charge on any atom is -0.508 e. The van der Waals surface area contributed by atoms with Crippen LogP contribution in [0.1, 0.15) is 21.5 Å². The van der Waals surface area contributed by atoms with Crippen LogP contribution in [-0.2, 0) is 11.3 Å². The summed E-state index contributed by atoms with van der Waals surface area (Å²) in [6.45, 7) is 1.69. The minimum absolute atomic E-state index is 0.0495. The van der Waals surface area contributed by atoms with Gasteiger partial charge in [0.25, 0.3) is 0 Å². The maximum Gasteiger partial charge on any atom is 0.342 e. The third-order valence-corrected chi connectivity index (χ3v) is 4.83. The number of ether oxygens (including phenoxy) is 1. The zero-order chi connectivity index (χ0) is 15.6. The summed E-state index contributed by atoms with van der Waals surface area (Å²) < 4.78 is 6.91. The van der Waals surface area contributed by atoms with Gasteiger partial charge in [-0.05, 0) is 76.4 Å². The number of carbonyl (C=O) groups is 1. The Hall–Kier alpha value is -1.03. The number of rotatable bonds is 3. The van der Waals surface area contributed by atoms with Gasteiger partial charge in [0.15, 0.2) is 0 Å². The highest BCUT2D eigenvalue weighted by Crippen LogP contribution is 2.27. The van der Waals surface area contributed by atoms with Crippen LogP contribution >= 0.6 is 45.2 Å². The molecule has 6 heteroatoms. The summed E-state index contributed by atoms with van der Waals surface area (Å²) in [5, 5.41) is 19.7. The first-order valence-electron chi connectivity index (χ1n) is 6.02. The molecule has 0 aliphatic rings. The smallest absolute Gasteiger partial charge is 0.342 e. The molecule has 0 amide bonds. The molecule has 0 fully saturated rings. The van der Waals surface area contributed by atoms with Crippen molar-refractivity contribution in [2.45, 2.75) is 13.5 Å². The van der Waals surface area contributed by atoms with Gasteiger partial charge in [0.05, 0.1) is 0 Å². The molecule has 2 rings (SSSR count). The molecule has 110 valence electrons. The second-order valence-corrected chi connectivity index (χ2v) is 6.83. The number of halogens is 2. The van der Waals surface area contributed by atoms with Gasteiger partial charge in [-0.1, -0.05) is 6.07 Å². The monoisotopic (exact) mass is 510 g/mol. The van der Waals surface area contributed by atoms with E-state index in [-0.39, 0.29) is 23.7 Å². The fourth-order valence-corrected chi connectivity index (χ4v) is 2.63. The van der Waals surface area contributed by atoms with Crippen LogP contribution in [0.5, 0.6) is 11.5 Å². The van der Waals surface area contributed by atoms with Gasteiger partial charge in [-0.25, -0.2) is 4.79 Å². The van der Waals surface area contributed by atoms with E-state index < -0.39 is 5.97 Å². The number of benzene rings is 2. The molecule has 2 aromatic carbocycles. The fraction of sp³-hybridized carbons (Fsp3) is 0.133. The number of aromatic hydroxyl groups is 2. The Morgan fingerprint density at radius 3 is 2.57 bits per heavy atom. The number of esters is 1. The van der Waals surface area contributed by atoms with Gasteiger partial charge in [-0.2, -0.15) is 0 Å². The van der Waals surface area contributed by atoms with E-state index >= 15 is 0 Å². The highest BCUT2D eigenvalue weighted by atomic mass is 127. The summed E-state index contributed by atoms with van der Waals surface area (Å²) in [7, 11) is 0. The number of hydrogen-bond acceptors (Lipinski definition) is 4. The molecule has 0 unspecified atom stereocenters. The van der Waals surface area contributed by atoms with E-state index in [4.69, 9.17) is 4.74 Å². The molecule has 2 N–H and O–H groups in total. The molecule has 2 aromatic rings. The average molecular weight is 510 g/mol. The summed E-state index contributed by atoms with van der Waals surface area (Å²) in [6, 6.07) is 8.38. The van der Waals surface area contributed by atoms with Gasteiger partial charge >= 0.3 is 5.97 Å². The Labute approximate surface area is 149 Å². The van der Waals surface area contributed by atoms with Gasteiger partial charge in [-0.15, -0.1) is 0 Å². The lowest BCUT2D eigenvalue weighted by molar-refractivity contribution is 0.0467. The van der Waals surface area contributed by atoms with Gasteiger partial charge in [0.1, 0.15) is 23.7 Å². The fourth-order valence-electron chi connectivity index (χ4n) is 1.72. The van der Waals surface area contributed by atoms with E-state index in [1.807, 2.05) is 6.07 Å². The Kier molecular flexibility index (Phi) is 5.31. The normalized spacial score (nSPS) is 10.4. The number of hydrogen-bond donors (Lipinski definition) is 2. The zero-order valence-electron chi connectivity index (χ0n) is 11.1. The van der Waals surface area contributed by atoms with Gasteiger partial charge < -0.3 is 14.9 Å². The van der Waals surface area contributed by atoms with Crippen molar-refractivity contribution in [3.05, 3.63) is 54.2 Å². The van der Waals surface area contributed by atoms with E-state index in [1.165, 1.54) is 6.07 Å². The summed E-state index contributed by atoms with van der Waals surface area (Å²) in [5.41, 5.74) is 1.28. The molecule has 21 heavy (non-hydrogen) atoms. The summed E-state index contributed by atoms with van der Waals surface area (Å²) in [4.78, 5) is 12.0. The molecule has 0 aromatic heterocycles. The van der Waals surface area contributed by atoms with Crippen LogP contribution in [0.15, 0.2) is 30.3 Å². The molecular weight excluding hydrogens is 498 g/mol. The quantitative estimate of drug-likeness (QED) is 0.485. The van der Waals surface area contributed by atoms with E-state index in [0.29, 0.717) is 11.1 Å². The standard InChI is InChI=1S/C15H12I2O4/c1-8-12(17)5-4-11(14(8)19)15(20)21-7-9-2-3-10(16)6-13(9)18/h2-6,18-19H,7H2,1H3.